The van der Waals surface area contributed by atoms with Gasteiger partial charge in [-0.1, -0.05) is 13.3 Å². The fourth-order valence-electron chi connectivity index (χ4n) is 1.07. The smallest absolute Gasteiger partial charge is 0.141 e. The van der Waals surface area contributed by atoms with Crippen LogP contribution < -0.4 is 0 Å². The minimum atomic E-state index is -0.248. The zero-order chi connectivity index (χ0) is 8.27. The molecule has 0 fully saturated rings. The Labute approximate surface area is 66.3 Å². The van der Waals surface area contributed by atoms with Gasteiger partial charge in [-0.25, -0.2) is 4.39 Å². The molecule has 60 valence electrons. The summed E-state index contributed by atoms with van der Waals surface area (Å²) in [5, 5.41) is 0. The van der Waals surface area contributed by atoms with Gasteiger partial charge in [0.05, 0.1) is 6.20 Å². The molecule has 0 unspecified atom stereocenters. The number of rotatable bonds is 2. The number of aryl methyl sites for hydroxylation is 2. The van der Waals surface area contributed by atoms with Crippen molar-refractivity contribution in [3.8, 4) is 0 Å². The van der Waals surface area contributed by atoms with Gasteiger partial charge in [0, 0.05) is 5.69 Å². The van der Waals surface area contributed by atoms with Crippen LogP contribution in [0.15, 0.2) is 12.3 Å². The Morgan fingerprint density at radius 2 is 2.27 bits per heavy atom. The van der Waals surface area contributed by atoms with Crippen molar-refractivity contribution in [2.24, 2.45) is 0 Å². The highest BCUT2D eigenvalue weighted by atomic mass is 19.1. The lowest BCUT2D eigenvalue weighted by Crippen LogP contribution is -1.93. The number of halogens is 1. The van der Waals surface area contributed by atoms with Gasteiger partial charge in [0.1, 0.15) is 5.82 Å². The van der Waals surface area contributed by atoms with E-state index in [1.165, 1.54) is 12.3 Å². The molecule has 11 heavy (non-hydrogen) atoms. The molecule has 0 aliphatic rings. The van der Waals surface area contributed by atoms with Crippen LogP contribution in [0.5, 0.6) is 0 Å². The molecule has 0 N–H and O–H groups in total. The van der Waals surface area contributed by atoms with Gasteiger partial charge in [0.2, 0.25) is 0 Å². The van der Waals surface area contributed by atoms with Crippen molar-refractivity contribution in [2.45, 2.75) is 26.7 Å². The quantitative estimate of drug-likeness (QED) is 0.636. The van der Waals surface area contributed by atoms with Crippen LogP contribution in [-0.2, 0) is 6.42 Å². The van der Waals surface area contributed by atoms with Gasteiger partial charge in [-0.05, 0) is 25.0 Å². The van der Waals surface area contributed by atoms with Crippen LogP contribution in [0, 0.1) is 12.7 Å². The van der Waals surface area contributed by atoms with Crippen LogP contribution in [0.1, 0.15) is 24.6 Å². The Bertz CT molecular complexity index is 245. The minimum Gasteiger partial charge on any atom is -0.258 e. The number of pyridine rings is 1. The maximum atomic E-state index is 12.5. The molecule has 0 spiro atoms. The molecule has 1 aromatic heterocycles. The standard InChI is InChI=1S/C9H12FN/c1-3-4-9-7(2)5-8(10)6-11-9/h5-6H,3-4H2,1-2H3. The Morgan fingerprint density at radius 3 is 2.82 bits per heavy atom. The SMILES string of the molecule is CCCc1ncc(F)cc1C. The van der Waals surface area contributed by atoms with Crippen LogP contribution in [0.4, 0.5) is 4.39 Å². The van der Waals surface area contributed by atoms with E-state index < -0.39 is 0 Å². The lowest BCUT2D eigenvalue weighted by molar-refractivity contribution is 0.616. The van der Waals surface area contributed by atoms with E-state index in [1.54, 1.807) is 0 Å². The number of aromatic nitrogens is 1. The third-order valence-electron chi connectivity index (χ3n) is 1.64. The van der Waals surface area contributed by atoms with E-state index in [-0.39, 0.29) is 5.82 Å². The molecular weight excluding hydrogens is 141 g/mol. The van der Waals surface area contributed by atoms with Gasteiger partial charge in [0.15, 0.2) is 0 Å². The molecule has 0 amide bonds. The van der Waals surface area contributed by atoms with Crippen LogP contribution >= 0.6 is 0 Å². The van der Waals surface area contributed by atoms with Crippen molar-refractivity contribution in [1.82, 2.24) is 4.98 Å². The van der Waals surface area contributed by atoms with Crippen molar-refractivity contribution in [3.63, 3.8) is 0 Å². The normalized spacial score (nSPS) is 10.1. The van der Waals surface area contributed by atoms with E-state index in [1.807, 2.05) is 6.92 Å². The average Bonchev–Trinajstić information content (AvgIpc) is 1.95. The minimum absolute atomic E-state index is 0.248. The Balaban J connectivity index is 2.90. The molecule has 2 heteroatoms. The molecule has 1 nitrogen and oxygen atoms in total. The predicted octanol–water partition coefficient (Wildman–Crippen LogP) is 2.48. The number of hydrogen-bond donors (Lipinski definition) is 0. The molecule has 1 rings (SSSR count). The largest absolute Gasteiger partial charge is 0.258 e. The third-order valence-corrected chi connectivity index (χ3v) is 1.64. The van der Waals surface area contributed by atoms with Crippen molar-refractivity contribution >= 4 is 0 Å². The van der Waals surface area contributed by atoms with E-state index >= 15 is 0 Å². The zero-order valence-electron chi connectivity index (χ0n) is 6.89. The van der Waals surface area contributed by atoms with E-state index in [0.29, 0.717) is 0 Å². The van der Waals surface area contributed by atoms with Gasteiger partial charge in [-0.2, -0.15) is 0 Å². The molecular formula is C9H12FN. The second kappa shape index (κ2) is 3.46. The lowest BCUT2D eigenvalue weighted by atomic mass is 10.1. The Kier molecular flexibility index (Phi) is 2.58. The van der Waals surface area contributed by atoms with Gasteiger partial charge < -0.3 is 0 Å². The van der Waals surface area contributed by atoms with Crippen molar-refractivity contribution < 1.29 is 4.39 Å². The van der Waals surface area contributed by atoms with Crippen LogP contribution in [0.25, 0.3) is 0 Å². The molecule has 1 heterocycles. The summed E-state index contributed by atoms with van der Waals surface area (Å²) in [6.07, 6.45) is 3.27. The number of nitrogens with zero attached hydrogens (tertiary/aromatic N) is 1. The topological polar surface area (TPSA) is 12.9 Å². The third kappa shape index (κ3) is 2.00. The van der Waals surface area contributed by atoms with E-state index in [9.17, 15) is 4.39 Å². The highest BCUT2D eigenvalue weighted by Crippen LogP contribution is 2.07. The van der Waals surface area contributed by atoms with E-state index in [0.717, 1.165) is 24.1 Å². The van der Waals surface area contributed by atoms with Gasteiger partial charge in [-0.15, -0.1) is 0 Å². The van der Waals surface area contributed by atoms with Gasteiger partial charge in [0.25, 0.3) is 0 Å². The molecule has 0 aliphatic carbocycles. The first-order chi connectivity index (χ1) is 5.24. The van der Waals surface area contributed by atoms with Crippen molar-refractivity contribution in [2.75, 3.05) is 0 Å². The molecule has 1 aromatic rings. The second-order valence-electron chi connectivity index (χ2n) is 2.67. The molecule has 0 saturated heterocycles. The number of hydrogen-bond acceptors (Lipinski definition) is 1. The summed E-state index contributed by atoms with van der Waals surface area (Å²) >= 11 is 0. The maximum Gasteiger partial charge on any atom is 0.141 e. The molecule has 0 radical (unpaired) electrons. The molecule has 0 saturated carbocycles. The Morgan fingerprint density at radius 1 is 1.55 bits per heavy atom. The van der Waals surface area contributed by atoms with Crippen LogP contribution in [-0.4, -0.2) is 4.98 Å². The molecule has 0 aromatic carbocycles. The summed E-state index contributed by atoms with van der Waals surface area (Å²) in [6, 6.07) is 1.53. The fourth-order valence-corrected chi connectivity index (χ4v) is 1.07. The van der Waals surface area contributed by atoms with Crippen molar-refractivity contribution in [1.29, 1.82) is 0 Å². The molecule has 0 bridgehead atoms. The second-order valence-corrected chi connectivity index (χ2v) is 2.67. The highest BCUT2D eigenvalue weighted by molar-refractivity contribution is 5.18. The van der Waals surface area contributed by atoms with Gasteiger partial charge in [-0.3, -0.25) is 4.98 Å². The monoisotopic (exact) mass is 153 g/mol. The highest BCUT2D eigenvalue weighted by Gasteiger charge is 1.99. The summed E-state index contributed by atoms with van der Waals surface area (Å²) < 4.78 is 12.5. The molecule has 0 atom stereocenters. The fraction of sp³-hybridized carbons (Fsp3) is 0.444. The average molecular weight is 153 g/mol. The van der Waals surface area contributed by atoms with E-state index in [4.69, 9.17) is 0 Å². The zero-order valence-corrected chi connectivity index (χ0v) is 6.89. The Hall–Kier alpha value is -0.920. The van der Waals surface area contributed by atoms with Gasteiger partial charge >= 0.3 is 0 Å². The summed E-state index contributed by atoms with van der Waals surface area (Å²) in [5.74, 6) is -0.248. The first kappa shape index (κ1) is 8.18. The first-order valence-corrected chi connectivity index (χ1v) is 3.85. The molecule has 0 aliphatic heterocycles. The first-order valence-electron chi connectivity index (χ1n) is 3.85. The predicted molar refractivity (Wildman–Crippen MR) is 42.9 cm³/mol. The summed E-state index contributed by atoms with van der Waals surface area (Å²) in [5.41, 5.74) is 1.96. The van der Waals surface area contributed by atoms with E-state index in [2.05, 4.69) is 11.9 Å². The summed E-state index contributed by atoms with van der Waals surface area (Å²) in [7, 11) is 0. The van der Waals surface area contributed by atoms with Crippen LogP contribution in [0.2, 0.25) is 0 Å². The maximum absolute atomic E-state index is 12.5. The van der Waals surface area contributed by atoms with Crippen LogP contribution in [0.3, 0.4) is 0 Å². The van der Waals surface area contributed by atoms with Crippen molar-refractivity contribution in [3.05, 3.63) is 29.3 Å². The summed E-state index contributed by atoms with van der Waals surface area (Å²) in [6.45, 7) is 3.98. The summed E-state index contributed by atoms with van der Waals surface area (Å²) in [4.78, 5) is 3.99. The lowest BCUT2D eigenvalue weighted by Gasteiger charge is -2.01.